The van der Waals surface area contributed by atoms with Gasteiger partial charge >= 0.3 is 0 Å². The van der Waals surface area contributed by atoms with Crippen molar-refractivity contribution >= 4 is 5.69 Å². The summed E-state index contributed by atoms with van der Waals surface area (Å²) < 4.78 is 18.9. The number of halogens is 1. The largest absolute Gasteiger partial charge is 0.491 e. The second-order valence-electron chi connectivity index (χ2n) is 5.21. The van der Waals surface area contributed by atoms with Crippen molar-refractivity contribution in [2.45, 2.75) is 19.8 Å². The molecule has 1 heterocycles. The summed E-state index contributed by atoms with van der Waals surface area (Å²) in [5, 5.41) is 3.33. The van der Waals surface area contributed by atoms with E-state index in [9.17, 15) is 4.39 Å². The number of rotatable bonds is 5. The number of benzene rings is 1. The van der Waals surface area contributed by atoms with E-state index in [1.165, 1.54) is 18.9 Å². The smallest absolute Gasteiger partial charge is 0.167 e. The van der Waals surface area contributed by atoms with E-state index < -0.39 is 0 Å². The molecule has 4 heteroatoms. The highest BCUT2D eigenvalue weighted by atomic mass is 19.1. The van der Waals surface area contributed by atoms with Crippen LogP contribution in [-0.4, -0.2) is 38.2 Å². The molecular formula is C15H23FN2O. The van der Waals surface area contributed by atoms with Gasteiger partial charge in [-0.1, -0.05) is 0 Å². The molecule has 1 N–H and O–H groups in total. The summed E-state index contributed by atoms with van der Waals surface area (Å²) in [6.07, 6.45) is 2.42. The highest BCUT2D eigenvalue weighted by Gasteiger charge is 2.16. The Labute approximate surface area is 114 Å². The van der Waals surface area contributed by atoms with Crippen LogP contribution in [0.3, 0.4) is 0 Å². The summed E-state index contributed by atoms with van der Waals surface area (Å²) in [6, 6.07) is 5.08. The summed E-state index contributed by atoms with van der Waals surface area (Å²) in [6.45, 7) is 5.57. The lowest BCUT2D eigenvalue weighted by atomic mass is 9.97. The molecule has 1 aliphatic rings. The topological polar surface area (TPSA) is 24.5 Å². The average Bonchev–Trinajstić information content (AvgIpc) is 2.41. The Morgan fingerprint density at radius 1 is 1.37 bits per heavy atom. The molecule has 1 fully saturated rings. The first kappa shape index (κ1) is 14.1. The lowest BCUT2D eigenvalue weighted by Crippen LogP contribution is -2.32. The molecule has 1 aliphatic heterocycles. The SMILES string of the molecule is CCOc1ccc(NCC2CCN(C)CC2)cc1F. The molecule has 106 valence electrons. The van der Waals surface area contributed by atoms with Crippen LogP contribution in [0.4, 0.5) is 10.1 Å². The molecule has 1 saturated heterocycles. The van der Waals surface area contributed by atoms with Gasteiger partial charge in [0.1, 0.15) is 0 Å². The van der Waals surface area contributed by atoms with Gasteiger partial charge in [-0.05, 0) is 58.0 Å². The van der Waals surface area contributed by atoms with Gasteiger partial charge in [0.25, 0.3) is 0 Å². The molecule has 0 amide bonds. The van der Waals surface area contributed by atoms with Gasteiger partial charge in [-0.2, -0.15) is 0 Å². The van der Waals surface area contributed by atoms with Crippen molar-refractivity contribution in [2.75, 3.05) is 38.6 Å². The van der Waals surface area contributed by atoms with Gasteiger partial charge in [0, 0.05) is 18.3 Å². The van der Waals surface area contributed by atoms with Crippen molar-refractivity contribution in [3.8, 4) is 5.75 Å². The Morgan fingerprint density at radius 3 is 2.74 bits per heavy atom. The van der Waals surface area contributed by atoms with Crippen LogP contribution in [0.15, 0.2) is 18.2 Å². The molecule has 0 saturated carbocycles. The number of hydrogen-bond acceptors (Lipinski definition) is 3. The number of ether oxygens (including phenoxy) is 1. The fraction of sp³-hybridized carbons (Fsp3) is 0.600. The zero-order valence-electron chi connectivity index (χ0n) is 11.8. The van der Waals surface area contributed by atoms with Crippen LogP contribution in [0, 0.1) is 11.7 Å². The minimum absolute atomic E-state index is 0.296. The quantitative estimate of drug-likeness (QED) is 0.886. The molecule has 2 rings (SSSR count). The number of nitrogens with one attached hydrogen (secondary N) is 1. The molecule has 0 aliphatic carbocycles. The van der Waals surface area contributed by atoms with E-state index in [1.807, 2.05) is 13.0 Å². The normalized spacial score (nSPS) is 17.4. The fourth-order valence-corrected chi connectivity index (χ4v) is 2.41. The van der Waals surface area contributed by atoms with Crippen molar-refractivity contribution in [1.29, 1.82) is 0 Å². The first-order valence-corrected chi connectivity index (χ1v) is 7.03. The van der Waals surface area contributed by atoms with Crippen molar-refractivity contribution in [2.24, 2.45) is 5.92 Å². The Hall–Kier alpha value is -1.29. The van der Waals surface area contributed by atoms with Crippen LogP contribution in [0.5, 0.6) is 5.75 Å². The minimum Gasteiger partial charge on any atom is -0.491 e. The maximum atomic E-state index is 13.7. The molecule has 0 atom stereocenters. The predicted molar refractivity (Wildman–Crippen MR) is 76.3 cm³/mol. The third-order valence-corrected chi connectivity index (χ3v) is 3.66. The maximum Gasteiger partial charge on any atom is 0.167 e. The summed E-state index contributed by atoms with van der Waals surface area (Å²) in [5.41, 5.74) is 0.833. The van der Waals surface area contributed by atoms with E-state index in [4.69, 9.17) is 4.74 Å². The van der Waals surface area contributed by atoms with Gasteiger partial charge < -0.3 is 15.0 Å². The molecule has 0 radical (unpaired) electrons. The van der Waals surface area contributed by atoms with E-state index >= 15 is 0 Å². The van der Waals surface area contributed by atoms with Crippen LogP contribution in [0.2, 0.25) is 0 Å². The van der Waals surface area contributed by atoms with Crippen LogP contribution in [0.25, 0.3) is 0 Å². The van der Waals surface area contributed by atoms with E-state index in [0.717, 1.165) is 25.3 Å². The van der Waals surface area contributed by atoms with Gasteiger partial charge in [-0.3, -0.25) is 0 Å². The molecule has 0 spiro atoms. The lowest BCUT2D eigenvalue weighted by molar-refractivity contribution is 0.226. The molecule has 0 aromatic heterocycles. The lowest BCUT2D eigenvalue weighted by Gasteiger charge is -2.29. The molecule has 0 bridgehead atoms. The third-order valence-electron chi connectivity index (χ3n) is 3.66. The number of likely N-dealkylation sites (tertiary alicyclic amines) is 1. The summed E-state index contributed by atoms with van der Waals surface area (Å²) >= 11 is 0. The van der Waals surface area contributed by atoms with Gasteiger partial charge in [0.05, 0.1) is 6.61 Å². The first-order valence-electron chi connectivity index (χ1n) is 7.03. The van der Waals surface area contributed by atoms with Gasteiger partial charge in [-0.15, -0.1) is 0 Å². The first-order chi connectivity index (χ1) is 9.19. The molecule has 3 nitrogen and oxygen atoms in total. The van der Waals surface area contributed by atoms with E-state index in [1.54, 1.807) is 6.07 Å². The zero-order chi connectivity index (χ0) is 13.7. The minimum atomic E-state index is -0.296. The highest BCUT2D eigenvalue weighted by molar-refractivity contribution is 5.47. The van der Waals surface area contributed by atoms with Gasteiger partial charge in [0.2, 0.25) is 0 Å². The molecule has 1 aromatic rings. The van der Waals surface area contributed by atoms with Gasteiger partial charge in [0.15, 0.2) is 11.6 Å². The predicted octanol–water partition coefficient (Wildman–Crippen LogP) is 2.98. The van der Waals surface area contributed by atoms with Gasteiger partial charge in [-0.25, -0.2) is 4.39 Å². The van der Waals surface area contributed by atoms with Crippen LogP contribution >= 0.6 is 0 Å². The molecule has 19 heavy (non-hydrogen) atoms. The summed E-state index contributed by atoms with van der Waals surface area (Å²) in [5.74, 6) is 0.716. The molecule has 0 unspecified atom stereocenters. The highest BCUT2D eigenvalue weighted by Crippen LogP contribution is 2.22. The number of piperidine rings is 1. The third kappa shape index (κ3) is 4.10. The number of hydrogen-bond donors (Lipinski definition) is 1. The Balaban J connectivity index is 1.84. The van der Waals surface area contributed by atoms with Crippen molar-refractivity contribution in [3.63, 3.8) is 0 Å². The standard InChI is InChI=1S/C15H23FN2O/c1-3-19-15-5-4-13(10-14(15)16)17-11-12-6-8-18(2)9-7-12/h4-5,10,12,17H,3,6-9,11H2,1-2H3. The zero-order valence-corrected chi connectivity index (χ0v) is 11.8. The number of anilines is 1. The Bertz CT molecular complexity index is 403. The summed E-state index contributed by atoms with van der Waals surface area (Å²) in [7, 11) is 2.16. The van der Waals surface area contributed by atoms with E-state index in [0.29, 0.717) is 18.3 Å². The molecule has 1 aromatic carbocycles. The van der Waals surface area contributed by atoms with Crippen LogP contribution < -0.4 is 10.1 Å². The fourth-order valence-electron chi connectivity index (χ4n) is 2.41. The Morgan fingerprint density at radius 2 is 2.11 bits per heavy atom. The monoisotopic (exact) mass is 266 g/mol. The molecular weight excluding hydrogens is 243 g/mol. The average molecular weight is 266 g/mol. The van der Waals surface area contributed by atoms with E-state index in [-0.39, 0.29) is 5.82 Å². The van der Waals surface area contributed by atoms with Crippen molar-refractivity contribution in [1.82, 2.24) is 4.90 Å². The second-order valence-corrected chi connectivity index (χ2v) is 5.21. The summed E-state index contributed by atoms with van der Waals surface area (Å²) in [4.78, 5) is 2.35. The number of nitrogens with zero attached hydrogens (tertiary/aromatic N) is 1. The second kappa shape index (κ2) is 6.75. The Kier molecular flexibility index (Phi) is 5.02. The maximum absolute atomic E-state index is 13.7. The van der Waals surface area contributed by atoms with Crippen LogP contribution in [0.1, 0.15) is 19.8 Å². The van der Waals surface area contributed by atoms with E-state index in [2.05, 4.69) is 17.3 Å². The van der Waals surface area contributed by atoms with Crippen molar-refractivity contribution < 1.29 is 9.13 Å². The van der Waals surface area contributed by atoms with Crippen LogP contribution in [-0.2, 0) is 0 Å². The van der Waals surface area contributed by atoms with Crippen molar-refractivity contribution in [3.05, 3.63) is 24.0 Å².